The van der Waals surface area contributed by atoms with Crippen LogP contribution in [0, 0.1) is 5.92 Å². The van der Waals surface area contributed by atoms with E-state index in [9.17, 15) is 0 Å². The highest BCUT2D eigenvalue weighted by atomic mass is 16.5. The normalized spacial score (nSPS) is 17.8. The van der Waals surface area contributed by atoms with Gasteiger partial charge in [0.1, 0.15) is 5.82 Å². The molecule has 6 nitrogen and oxygen atoms in total. The molecule has 3 rings (SSSR count). The van der Waals surface area contributed by atoms with Crippen LogP contribution in [-0.4, -0.2) is 62.8 Å². The molecule has 1 aliphatic carbocycles. The largest absolute Gasteiger partial charge is 0.379 e. The van der Waals surface area contributed by atoms with Crippen LogP contribution in [0.3, 0.4) is 0 Å². The van der Waals surface area contributed by atoms with Crippen LogP contribution in [0.5, 0.6) is 0 Å². The SMILES string of the molecule is CN=C(NCc1ccc(N2CCCC2)nc1)N(C)CCOCC1CC1. The van der Waals surface area contributed by atoms with E-state index in [2.05, 4.69) is 37.2 Å². The van der Waals surface area contributed by atoms with Gasteiger partial charge in [0.05, 0.1) is 6.61 Å². The second-order valence-electron chi connectivity index (χ2n) is 7.06. The van der Waals surface area contributed by atoms with Crippen molar-refractivity contribution in [3.05, 3.63) is 23.9 Å². The zero-order valence-electron chi connectivity index (χ0n) is 15.6. The fourth-order valence-electron chi connectivity index (χ4n) is 3.06. The number of nitrogens with zero attached hydrogens (tertiary/aromatic N) is 4. The fraction of sp³-hybridized carbons (Fsp3) is 0.684. The van der Waals surface area contributed by atoms with Gasteiger partial charge < -0.3 is 19.9 Å². The van der Waals surface area contributed by atoms with E-state index in [4.69, 9.17) is 4.74 Å². The molecule has 0 unspecified atom stereocenters. The summed E-state index contributed by atoms with van der Waals surface area (Å²) in [5.74, 6) is 2.80. The lowest BCUT2D eigenvalue weighted by atomic mass is 10.3. The first-order valence-corrected chi connectivity index (χ1v) is 9.45. The summed E-state index contributed by atoms with van der Waals surface area (Å²) in [6, 6.07) is 4.28. The number of pyridine rings is 1. The molecule has 0 radical (unpaired) electrons. The van der Waals surface area contributed by atoms with Gasteiger partial charge in [0.2, 0.25) is 0 Å². The van der Waals surface area contributed by atoms with E-state index < -0.39 is 0 Å². The highest BCUT2D eigenvalue weighted by molar-refractivity contribution is 5.79. The Labute approximate surface area is 151 Å². The van der Waals surface area contributed by atoms with Crippen molar-refractivity contribution in [1.82, 2.24) is 15.2 Å². The number of hydrogen-bond donors (Lipinski definition) is 1. The first-order chi connectivity index (χ1) is 12.3. The van der Waals surface area contributed by atoms with Gasteiger partial charge in [-0.15, -0.1) is 0 Å². The molecular weight excluding hydrogens is 314 g/mol. The van der Waals surface area contributed by atoms with Crippen LogP contribution in [0.1, 0.15) is 31.2 Å². The van der Waals surface area contributed by atoms with E-state index in [1.165, 1.54) is 31.2 Å². The van der Waals surface area contributed by atoms with Gasteiger partial charge in [-0.3, -0.25) is 4.99 Å². The molecule has 6 heteroatoms. The number of aliphatic imine (C=N–C) groups is 1. The third-order valence-corrected chi connectivity index (χ3v) is 4.88. The highest BCUT2D eigenvalue weighted by Gasteiger charge is 2.21. The molecule has 0 atom stereocenters. The third kappa shape index (κ3) is 5.59. The maximum absolute atomic E-state index is 5.71. The molecule has 2 fully saturated rings. The van der Waals surface area contributed by atoms with Crippen molar-refractivity contribution in [2.45, 2.75) is 32.2 Å². The van der Waals surface area contributed by atoms with Crippen LogP contribution in [0.15, 0.2) is 23.3 Å². The maximum Gasteiger partial charge on any atom is 0.193 e. The molecule has 0 amide bonds. The number of hydrogen-bond acceptors (Lipinski definition) is 4. The van der Waals surface area contributed by atoms with Crippen molar-refractivity contribution in [3.63, 3.8) is 0 Å². The minimum absolute atomic E-state index is 0.729. The molecule has 2 aliphatic rings. The monoisotopic (exact) mass is 345 g/mol. The standard InChI is InChI=1S/C19H31N5O/c1-20-19(23(2)11-12-25-15-16-5-6-16)22-14-17-7-8-18(21-13-17)24-9-3-4-10-24/h7-8,13,16H,3-6,9-12,14-15H2,1-2H3,(H,20,22). The summed E-state index contributed by atoms with van der Waals surface area (Å²) in [5, 5.41) is 3.40. The first kappa shape index (κ1) is 18.0. The Morgan fingerprint density at radius 1 is 1.36 bits per heavy atom. The van der Waals surface area contributed by atoms with Crippen LogP contribution in [0.25, 0.3) is 0 Å². The molecule has 25 heavy (non-hydrogen) atoms. The van der Waals surface area contributed by atoms with Gasteiger partial charge in [0, 0.05) is 53.1 Å². The highest BCUT2D eigenvalue weighted by Crippen LogP contribution is 2.28. The summed E-state index contributed by atoms with van der Waals surface area (Å²) in [4.78, 5) is 13.4. The number of guanidine groups is 1. The van der Waals surface area contributed by atoms with E-state index in [1.807, 2.05) is 20.3 Å². The summed E-state index contributed by atoms with van der Waals surface area (Å²) >= 11 is 0. The van der Waals surface area contributed by atoms with Gasteiger partial charge in [-0.2, -0.15) is 0 Å². The second-order valence-corrected chi connectivity index (χ2v) is 7.06. The van der Waals surface area contributed by atoms with E-state index in [0.717, 1.165) is 57.1 Å². The zero-order chi connectivity index (χ0) is 17.5. The van der Waals surface area contributed by atoms with E-state index in [1.54, 1.807) is 0 Å². The number of aromatic nitrogens is 1. The van der Waals surface area contributed by atoms with Gasteiger partial charge in [-0.1, -0.05) is 6.07 Å². The predicted octanol–water partition coefficient (Wildman–Crippen LogP) is 2.12. The molecule has 0 aromatic carbocycles. The van der Waals surface area contributed by atoms with Gasteiger partial charge >= 0.3 is 0 Å². The Morgan fingerprint density at radius 3 is 2.80 bits per heavy atom. The summed E-state index contributed by atoms with van der Waals surface area (Å²) in [6.07, 6.45) is 7.19. The number of anilines is 1. The second kappa shape index (κ2) is 9.04. The average molecular weight is 345 g/mol. The van der Waals surface area contributed by atoms with E-state index in [0.29, 0.717) is 0 Å². The van der Waals surface area contributed by atoms with Crippen molar-refractivity contribution in [2.24, 2.45) is 10.9 Å². The summed E-state index contributed by atoms with van der Waals surface area (Å²) in [7, 11) is 3.86. The Bertz CT molecular complexity index is 549. The van der Waals surface area contributed by atoms with Gasteiger partial charge in [-0.25, -0.2) is 4.98 Å². The van der Waals surface area contributed by atoms with E-state index in [-0.39, 0.29) is 0 Å². The maximum atomic E-state index is 5.71. The first-order valence-electron chi connectivity index (χ1n) is 9.45. The lowest BCUT2D eigenvalue weighted by molar-refractivity contribution is 0.115. The molecule has 0 bridgehead atoms. The molecule has 2 heterocycles. The molecule has 1 saturated carbocycles. The molecule has 138 valence electrons. The van der Waals surface area contributed by atoms with Crippen LogP contribution < -0.4 is 10.2 Å². The smallest absolute Gasteiger partial charge is 0.193 e. The Balaban J connectivity index is 1.40. The van der Waals surface area contributed by atoms with Crippen molar-refractivity contribution < 1.29 is 4.74 Å². The topological polar surface area (TPSA) is 53.0 Å². The minimum atomic E-state index is 0.729. The van der Waals surface area contributed by atoms with Gasteiger partial charge in [-0.05, 0) is 43.2 Å². The molecule has 0 spiro atoms. The predicted molar refractivity (Wildman–Crippen MR) is 102 cm³/mol. The van der Waals surface area contributed by atoms with E-state index >= 15 is 0 Å². The lowest BCUT2D eigenvalue weighted by Gasteiger charge is -2.22. The summed E-state index contributed by atoms with van der Waals surface area (Å²) in [6.45, 7) is 5.50. The van der Waals surface area contributed by atoms with Crippen molar-refractivity contribution in [2.75, 3.05) is 51.8 Å². The van der Waals surface area contributed by atoms with Crippen molar-refractivity contribution in [3.8, 4) is 0 Å². The average Bonchev–Trinajstić information content (AvgIpc) is 3.30. The quantitative estimate of drug-likeness (QED) is 0.444. The lowest BCUT2D eigenvalue weighted by Crippen LogP contribution is -2.40. The van der Waals surface area contributed by atoms with Crippen molar-refractivity contribution in [1.29, 1.82) is 0 Å². The minimum Gasteiger partial charge on any atom is -0.379 e. The van der Waals surface area contributed by atoms with Crippen molar-refractivity contribution >= 4 is 11.8 Å². The zero-order valence-corrected chi connectivity index (χ0v) is 15.6. The number of likely N-dealkylation sites (N-methyl/N-ethyl adjacent to an activating group) is 1. The van der Waals surface area contributed by atoms with Crippen LogP contribution in [-0.2, 0) is 11.3 Å². The third-order valence-electron chi connectivity index (χ3n) is 4.88. The van der Waals surface area contributed by atoms with Crippen LogP contribution in [0.2, 0.25) is 0 Å². The number of nitrogens with one attached hydrogen (secondary N) is 1. The Kier molecular flexibility index (Phi) is 6.50. The number of rotatable bonds is 8. The fourth-order valence-corrected chi connectivity index (χ4v) is 3.06. The van der Waals surface area contributed by atoms with Gasteiger partial charge in [0.15, 0.2) is 5.96 Å². The Morgan fingerprint density at radius 2 is 2.16 bits per heavy atom. The summed E-state index contributed by atoms with van der Waals surface area (Å²) < 4.78 is 5.71. The summed E-state index contributed by atoms with van der Waals surface area (Å²) in [5.41, 5.74) is 1.17. The van der Waals surface area contributed by atoms with Gasteiger partial charge in [0.25, 0.3) is 0 Å². The molecule has 1 aromatic heterocycles. The molecule has 1 aromatic rings. The number of ether oxygens (including phenoxy) is 1. The van der Waals surface area contributed by atoms with Crippen LogP contribution in [0.4, 0.5) is 5.82 Å². The molecule has 1 aliphatic heterocycles. The molecular formula is C19H31N5O. The molecule has 1 N–H and O–H groups in total. The van der Waals surface area contributed by atoms with Crippen LogP contribution >= 0.6 is 0 Å². The Hall–Kier alpha value is -1.82. The molecule has 1 saturated heterocycles.